The zero-order valence-electron chi connectivity index (χ0n) is 11.0. The van der Waals surface area contributed by atoms with Gasteiger partial charge in [0.25, 0.3) is 0 Å². The quantitative estimate of drug-likeness (QED) is 0.618. The Hall–Kier alpha value is -2.42. The molecule has 0 atom stereocenters. The van der Waals surface area contributed by atoms with Crippen molar-refractivity contribution >= 4 is 11.8 Å². The molecule has 0 unspecified atom stereocenters. The van der Waals surface area contributed by atoms with E-state index >= 15 is 0 Å². The van der Waals surface area contributed by atoms with Gasteiger partial charge in [0, 0.05) is 12.0 Å². The molecule has 0 bridgehead atoms. The van der Waals surface area contributed by atoms with Crippen molar-refractivity contribution in [2.45, 2.75) is 19.3 Å². The van der Waals surface area contributed by atoms with Gasteiger partial charge in [0.2, 0.25) is 0 Å². The van der Waals surface area contributed by atoms with Crippen molar-refractivity contribution in [3.05, 3.63) is 65.2 Å². The highest BCUT2D eigenvalue weighted by molar-refractivity contribution is 6.01. The molecule has 2 aromatic rings. The standard InChI is InChI=1S/C17H14O3/c18-16-8-4-5-12-9-10-13(11-15(12)16)17(19)20-14-6-2-1-3-7-14/h1-3,6-7,9-11H,4-5,8H2. The lowest BCUT2D eigenvalue weighted by Gasteiger charge is -2.15. The molecule has 1 aliphatic carbocycles. The van der Waals surface area contributed by atoms with E-state index in [0.717, 1.165) is 18.4 Å². The molecule has 20 heavy (non-hydrogen) atoms. The zero-order valence-corrected chi connectivity index (χ0v) is 11.0. The van der Waals surface area contributed by atoms with Crippen molar-refractivity contribution in [3.8, 4) is 5.75 Å². The first-order valence-electron chi connectivity index (χ1n) is 6.67. The van der Waals surface area contributed by atoms with Crippen LogP contribution in [0.15, 0.2) is 48.5 Å². The summed E-state index contributed by atoms with van der Waals surface area (Å²) >= 11 is 0. The maximum Gasteiger partial charge on any atom is 0.343 e. The second-order valence-electron chi connectivity index (χ2n) is 4.85. The lowest BCUT2D eigenvalue weighted by Crippen LogP contribution is -2.14. The summed E-state index contributed by atoms with van der Waals surface area (Å²) in [7, 11) is 0. The molecule has 0 amide bonds. The van der Waals surface area contributed by atoms with Crippen LogP contribution in [0.1, 0.15) is 39.1 Å². The lowest BCUT2D eigenvalue weighted by molar-refractivity contribution is 0.0734. The third-order valence-corrected chi connectivity index (χ3v) is 3.45. The highest BCUT2D eigenvalue weighted by atomic mass is 16.5. The predicted octanol–water partition coefficient (Wildman–Crippen LogP) is 3.42. The van der Waals surface area contributed by atoms with E-state index in [1.165, 1.54) is 0 Å². The van der Waals surface area contributed by atoms with Crippen LogP contribution in [0.5, 0.6) is 5.75 Å². The second kappa shape index (κ2) is 5.29. The van der Waals surface area contributed by atoms with Crippen LogP contribution in [0, 0.1) is 0 Å². The number of ether oxygens (including phenoxy) is 1. The summed E-state index contributed by atoms with van der Waals surface area (Å²) in [5.74, 6) is 0.180. The van der Waals surface area contributed by atoms with Crippen LogP contribution in [0.4, 0.5) is 0 Å². The number of esters is 1. The van der Waals surface area contributed by atoms with Crippen molar-refractivity contribution in [1.29, 1.82) is 0 Å². The van der Waals surface area contributed by atoms with E-state index in [9.17, 15) is 9.59 Å². The monoisotopic (exact) mass is 266 g/mol. The first-order chi connectivity index (χ1) is 9.74. The SMILES string of the molecule is O=C(Oc1ccccc1)c1ccc2c(c1)C(=O)CCC2. The molecule has 0 fully saturated rings. The average Bonchev–Trinajstić information content (AvgIpc) is 2.48. The van der Waals surface area contributed by atoms with Crippen LogP contribution in [0.25, 0.3) is 0 Å². The van der Waals surface area contributed by atoms with Gasteiger partial charge in [-0.3, -0.25) is 4.79 Å². The molecule has 0 aliphatic heterocycles. The van der Waals surface area contributed by atoms with E-state index < -0.39 is 5.97 Å². The van der Waals surface area contributed by atoms with Gasteiger partial charge in [0.1, 0.15) is 5.75 Å². The van der Waals surface area contributed by atoms with Crippen LogP contribution >= 0.6 is 0 Å². The Morgan fingerprint density at radius 1 is 1.00 bits per heavy atom. The molecule has 0 N–H and O–H groups in total. The molecule has 0 radical (unpaired) electrons. The Labute approximate surface area is 117 Å². The molecule has 0 spiro atoms. The number of ketones is 1. The van der Waals surface area contributed by atoms with Gasteiger partial charge in [0.15, 0.2) is 5.78 Å². The Bertz CT molecular complexity index is 659. The minimum Gasteiger partial charge on any atom is -0.423 e. The fourth-order valence-corrected chi connectivity index (χ4v) is 2.41. The third kappa shape index (κ3) is 2.48. The van der Waals surface area contributed by atoms with Crippen molar-refractivity contribution in [2.75, 3.05) is 0 Å². The minimum absolute atomic E-state index is 0.112. The predicted molar refractivity (Wildman–Crippen MR) is 75.1 cm³/mol. The van der Waals surface area contributed by atoms with Gasteiger partial charge >= 0.3 is 5.97 Å². The Morgan fingerprint density at radius 3 is 2.60 bits per heavy atom. The molecule has 100 valence electrons. The van der Waals surface area contributed by atoms with Gasteiger partial charge in [-0.05, 0) is 42.7 Å². The summed E-state index contributed by atoms with van der Waals surface area (Å²) < 4.78 is 5.28. The first-order valence-corrected chi connectivity index (χ1v) is 6.67. The summed E-state index contributed by atoms with van der Waals surface area (Å²) in [6.45, 7) is 0. The van der Waals surface area contributed by atoms with Crippen LogP contribution < -0.4 is 4.74 Å². The summed E-state index contributed by atoms with van der Waals surface area (Å²) in [6, 6.07) is 14.1. The number of fused-ring (bicyclic) bond motifs is 1. The van der Waals surface area contributed by atoms with Gasteiger partial charge in [-0.15, -0.1) is 0 Å². The molecule has 0 saturated heterocycles. The fourth-order valence-electron chi connectivity index (χ4n) is 2.41. The molecule has 3 heteroatoms. The number of Topliss-reactive ketones (excluding diaryl/α,β-unsaturated/α-hetero) is 1. The number of benzene rings is 2. The highest BCUT2D eigenvalue weighted by Crippen LogP contribution is 2.23. The van der Waals surface area contributed by atoms with Crippen LogP contribution in [-0.4, -0.2) is 11.8 Å². The summed E-state index contributed by atoms with van der Waals surface area (Å²) in [5.41, 5.74) is 2.11. The Kier molecular flexibility index (Phi) is 3.33. The number of rotatable bonds is 2. The van der Waals surface area contributed by atoms with Gasteiger partial charge in [-0.1, -0.05) is 24.3 Å². The molecule has 0 heterocycles. The number of hydrogen-bond acceptors (Lipinski definition) is 3. The largest absolute Gasteiger partial charge is 0.423 e. The van der Waals surface area contributed by atoms with Gasteiger partial charge in [0.05, 0.1) is 5.56 Å². The fraction of sp³-hybridized carbons (Fsp3) is 0.176. The maximum absolute atomic E-state index is 12.1. The smallest absolute Gasteiger partial charge is 0.343 e. The minimum atomic E-state index is -0.433. The molecular formula is C17H14O3. The summed E-state index contributed by atoms with van der Waals surface area (Å²) in [5, 5.41) is 0. The highest BCUT2D eigenvalue weighted by Gasteiger charge is 2.19. The number of carbonyl (C=O) groups excluding carboxylic acids is 2. The summed E-state index contributed by atoms with van der Waals surface area (Å²) in [6.07, 6.45) is 2.35. The van der Waals surface area contributed by atoms with E-state index in [1.54, 1.807) is 36.4 Å². The molecule has 3 rings (SSSR count). The molecule has 0 saturated carbocycles. The van der Waals surface area contributed by atoms with Crippen LogP contribution in [0.2, 0.25) is 0 Å². The van der Waals surface area contributed by atoms with Gasteiger partial charge < -0.3 is 4.74 Å². The third-order valence-electron chi connectivity index (χ3n) is 3.45. The van der Waals surface area contributed by atoms with E-state index in [1.807, 2.05) is 12.1 Å². The van der Waals surface area contributed by atoms with Crippen molar-refractivity contribution in [2.24, 2.45) is 0 Å². The molecule has 0 aromatic heterocycles. The van der Waals surface area contributed by atoms with Crippen LogP contribution in [0.3, 0.4) is 0 Å². The topological polar surface area (TPSA) is 43.4 Å². The Balaban J connectivity index is 1.85. The van der Waals surface area contributed by atoms with Crippen LogP contribution in [-0.2, 0) is 6.42 Å². The van der Waals surface area contributed by atoms with Gasteiger partial charge in [-0.2, -0.15) is 0 Å². The first kappa shape index (κ1) is 12.6. The number of para-hydroxylation sites is 1. The molecular weight excluding hydrogens is 252 g/mol. The summed E-state index contributed by atoms with van der Waals surface area (Å²) in [4.78, 5) is 23.9. The molecule has 1 aliphatic rings. The molecule has 3 nitrogen and oxygen atoms in total. The van der Waals surface area contributed by atoms with E-state index in [0.29, 0.717) is 23.3 Å². The van der Waals surface area contributed by atoms with E-state index in [-0.39, 0.29) is 5.78 Å². The zero-order chi connectivity index (χ0) is 13.9. The van der Waals surface area contributed by atoms with E-state index in [4.69, 9.17) is 4.74 Å². The van der Waals surface area contributed by atoms with Crippen molar-refractivity contribution < 1.29 is 14.3 Å². The lowest BCUT2D eigenvalue weighted by atomic mass is 9.89. The molecule has 2 aromatic carbocycles. The van der Waals surface area contributed by atoms with Gasteiger partial charge in [-0.25, -0.2) is 4.79 Å². The second-order valence-corrected chi connectivity index (χ2v) is 4.85. The number of hydrogen-bond donors (Lipinski definition) is 0. The Morgan fingerprint density at radius 2 is 1.80 bits per heavy atom. The van der Waals surface area contributed by atoms with Crippen molar-refractivity contribution in [3.63, 3.8) is 0 Å². The maximum atomic E-state index is 12.1. The van der Waals surface area contributed by atoms with E-state index in [2.05, 4.69) is 0 Å². The van der Waals surface area contributed by atoms with Crippen molar-refractivity contribution in [1.82, 2.24) is 0 Å². The number of aryl methyl sites for hydroxylation is 1. The number of carbonyl (C=O) groups is 2. The average molecular weight is 266 g/mol. The normalized spacial score (nSPS) is 13.7.